The lowest BCUT2D eigenvalue weighted by atomic mass is 9.97. The van der Waals surface area contributed by atoms with Gasteiger partial charge in [-0.2, -0.15) is 0 Å². The summed E-state index contributed by atoms with van der Waals surface area (Å²) in [7, 11) is 2.88. The molecule has 0 aliphatic carbocycles. The van der Waals surface area contributed by atoms with E-state index in [1.165, 1.54) is 12.0 Å². The highest BCUT2D eigenvalue weighted by Gasteiger charge is 2.27. The topological polar surface area (TPSA) is 72.6 Å². The van der Waals surface area contributed by atoms with Crippen LogP contribution in [0, 0.1) is 5.92 Å². The Hall–Kier alpha value is -1.10. The molecule has 5 heteroatoms. The highest BCUT2D eigenvalue weighted by Crippen LogP contribution is 2.13. The Morgan fingerprint density at radius 3 is 2.33 bits per heavy atom. The Morgan fingerprint density at radius 1 is 1.33 bits per heavy atom. The number of methoxy groups -OCH3 is 1. The number of carbonyl (C=O) groups excluding carboxylic acids is 2. The molecule has 0 aromatic heterocycles. The minimum atomic E-state index is -0.602. The van der Waals surface area contributed by atoms with E-state index in [-0.39, 0.29) is 5.91 Å². The van der Waals surface area contributed by atoms with Gasteiger partial charge in [-0.05, 0) is 19.3 Å². The Balaban J connectivity index is 4.40. The first-order chi connectivity index (χ1) is 8.34. The molecule has 0 bridgehead atoms. The molecule has 2 N–H and O–H groups in total. The first kappa shape index (κ1) is 16.9. The normalized spacial score (nSPS) is 15.7. The molecule has 0 aliphatic rings. The predicted molar refractivity (Wildman–Crippen MR) is 70.9 cm³/mol. The molecule has 0 spiro atoms. The summed E-state index contributed by atoms with van der Waals surface area (Å²) in [5.74, 6) is -0.230. The van der Waals surface area contributed by atoms with E-state index < -0.39 is 18.1 Å². The van der Waals surface area contributed by atoms with Crippen molar-refractivity contribution in [2.45, 2.75) is 52.1 Å². The average molecular weight is 258 g/mol. The number of likely N-dealkylation sites (N-methyl/N-ethyl adjacent to an activating group) is 1. The van der Waals surface area contributed by atoms with Crippen molar-refractivity contribution in [1.82, 2.24) is 4.90 Å². The summed E-state index contributed by atoms with van der Waals surface area (Å²) in [5.41, 5.74) is 5.89. The third-order valence-electron chi connectivity index (χ3n) is 3.23. The first-order valence-corrected chi connectivity index (χ1v) is 6.45. The lowest BCUT2D eigenvalue weighted by Gasteiger charge is -2.26. The van der Waals surface area contributed by atoms with Gasteiger partial charge in [0.2, 0.25) is 5.91 Å². The predicted octanol–water partition coefficient (Wildman–Crippen LogP) is 1.16. The highest BCUT2D eigenvalue weighted by atomic mass is 16.5. The van der Waals surface area contributed by atoms with Crippen molar-refractivity contribution < 1.29 is 14.3 Å². The summed E-state index contributed by atoms with van der Waals surface area (Å²) in [6, 6.07) is -1.15. The molecule has 0 aromatic carbocycles. The van der Waals surface area contributed by atoms with E-state index in [9.17, 15) is 9.59 Å². The fourth-order valence-corrected chi connectivity index (χ4v) is 1.93. The van der Waals surface area contributed by atoms with Crippen molar-refractivity contribution in [2.75, 3.05) is 14.2 Å². The Kier molecular flexibility index (Phi) is 7.59. The monoisotopic (exact) mass is 258 g/mol. The summed E-state index contributed by atoms with van der Waals surface area (Å²) in [6.07, 6.45) is 2.78. The fourth-order valence-electron chi connectivity index (χ4n) is 1.93. The van der Waals surface area contributed by atoms with Crippen molar-refractivity contribution in [3.63, 3.8) is 0 Å². The molecule has 0 unspecified atom stereocenters. The molecular weight excluding hydrogens is 232 g/mol. The van der Waals surface area contributed by atoms with Gasteiger partial charge in [-0.15, -0.1) is 0 Å². The number of rotatable bonds is 7. The van der Waals surface area contributed by atoms with Crippen LogP contribution in [0.25, 0.3) is 0 Å². The number of hydrogen-bond donors (Lipinski definition) is 1. The van der Waals surface area contributed by atoms with E-state index in [0.717, 1.165) is 12.8 Å². The molecule has 0 fully saturated rings. The van der Waals surface area contributed by atoms with Crippen molar-refractivity contribution >= 4 is 11.9 Å². The van der Waals surface area contributed by atoms with Crippen molar-refractivity contribution in [3.8, 4) is 0 Å². The van der Waals surface area contributed by atoms with Gasteiger partial charge in [0.15, 0.2) is 0 Å². The summed E-state index contributed by atoms with van der Waals surface area (Å²) in [4.78, 5) is 24.7. The number of nitrogens with zero attached hydrogens (tertiary/aromatic N) is 1. The standard InChI is InChI=1S/C13H26N2O3/c1-6-7-9(2)8-11(14)12(16)15(4)10(3)13(17)18-5/h9-11H,6-8,14H2,1-5H3/t9-,10+,11+/m1/s1. The molecule has 106 valence electrons. The van der Waals surface area contributed by atoms with Crippen molar-refractivity contribution in [3.05, 3.63) is 0 Å². The van der Waals surface area contributed by atoms with E-state index in [1.54, 1.807) is 14.0 Å². The summed E-state index contributed by atoms with van der Waals surface area (Å²) < 4.78 is 4.61. The smallest absolute Gasteiger partial charge is 0.328 e. The van der Waals surface area contributed by atoms with Crippen LogP contribution in [-0.2, 0) is 14.3 Å². The zero-order valence-electron chi connectivity index (χ0n) is 12.1. The highest BCUT2D eigenvalue weighted by molar-refractivity contribution is 5.87. The molecular formula is C13H26N2O3. The van der Waals surface area contributed by atoms with Gasteiger partial charge in [0.25, 0.3) is 0 Å². The number of esters is 1. The minimum Gasteiger partial charge on any atom is -0.467 e. The van der Waals surface area contributed by atoms with Crippen LogP contribution in [0.3, 0.4) is 0 Å². The van der Waals surface area contributed by atoms with Crippen LogP contribution in [0.4, 0.5) is 0 Å². The van der Waals surface area contributed by atoms with Gasteiger partial charge in [-0.1, -0.05) is 26.7 Å². The molecule has 0 heterocycles. The molecule has 0 rings (SSSR count). The minimum absolute atomic E-state index is 0.212. The molecule has 3 atom stereocenters. The summed E-state index contributed by atoms with van der Waals surface area (Å²) >= 11 is 0. The zero-order valence-corrected chi connectivity index (χ0v) is 12.1. The van der Waals surface area contributed by atoms with Gasteiger partial charge in [0.1, 0.15) is 6.04 Å². The van der Waals surface area contributed by atoms with Gasteiger partial charge in [-0.25, -0.2) is 4.79 Å². The second-order valence-corrected chi connectivity index (χ2v) is 4.88. The second kappa shape index (κ2) is 8.08. The summed E-state index contributed by atoms with van der Waals surface area (Å²) in [6.45, 7) is 5.82. The average Bonchev–Trinajstić information content (AvgIpc) is 2.35. The third-order valence-corrected chi connectivity index (χ3v) is 3.23. The number of hydrogen-bond acceptors (Lipinski definition) is 4. The Morgan fingerprint density at radius 2 is 1.89 bits per heavy atom. The summed E-state index contributed by atoms with van der Waals surface area (Å²) in [5, 5.41) is 0. The second-order valence-electron chi connectivity index (χ2n) is 4.88. The van der Waals surface area contributed by atoms with E-state index in [2.05, 4.69) is 18.6 Å². The van der Waals surface area contributed by atoms with Gasteiger partial charge in [0, 0.05) is 7.05 Å². The van der Waals surface area contributed by atoms with E-state index in [1.807, 2.05) is 0 Å². The number of amides is 1. The van der Waals surface area contributed by atoms with Gasteiger partial charge >= 0.3 is 5.97 Å². The molecule has 0 aliphatic heterocycles. The third kappa shape index (κ3) is 5.04. The maximum absolute atomic E-state index is 12.0. The lowest BCUT2D eigenvalue weighted by Crippen LogP contribution is -2.49. The Bertz CT molecular complexity index is 281. The number of nitrogens with two attached hydrogens (primary N) is 1. The maximum Gasteiger partial charge on any atom is 0.328 e. The molecule has 0 radical (unpaired) electrons. The van der Waals surface area contributed by atoms with Gasteiger partial charge in [0.05, 0.1) is 13.2 Å². The van der Waals surface area contributed by atoms with Crippen LogP contribution in [-0.4, -0.2) is 43.0 Å². The molecule has 0 saturated carbocycles. The van der Waals surface area contributed by atoms with E-state index in [0.29, 0.717) is 12.3 Å². The largest absolute Gasteiger partial charge is 0.467 e. The lowest BCUT2D eigenvalue weighted by molar-refractivity contribution is -0.151. The molecule has 18 heavy (non-hydrogen) atoms. The van der Waals surface area contributed by atoms with E-state index >= 15 is 0 Å². The first-order valence-electron chi connectivity index (χ1n) is 6.45. The number of carbonyl (C=O) groups is 2. The molecule has 0 saturated heterocycles. The van der Waals surface area contributed by atoms with Gasteiger partial charge < -0.3 is 15.4 Å². The SMILES string of the molecule is CCC[C@@H](C)C[C@H](N)C(=O)N(C)[C@@H](C)C(=O)OC. The zero-order chi connectivity index (χ0) is 14.3. The van der Waals surface area contributed by atoms with Crippen LogP contribution >= 0.6 is 0 Å². The van der Waals surface area contributed by atoms with Crippen LogP contribution in [0.2, 0.25) is 0 Å². The van der Waals surface area contributed by atoms with Crippen LogP contribution in [0.5, 0.6) is 0 Å². The Labute approximate surface area is 110 Å². The van der Waals surface area contributed by atoms with Gasteiger partial charge in [-0.3, -0.25) is 4.79 Å². The maximum atomic E-state index is 12.0. The van der Waals surface area contributed by atoms with Crippen LogP contribution < -0.4 is 5.73 Å². The fraction of sp³-hybridized carbons (Fsp3) is 0.846. The van der Waals surface area contributed by atoms with Crippen LogP contribution in [0.1, 0.15) is 40.0 Å². The van der Waals surface area contributed by atoms with Crippen LogP contribution in [0.15, 0.2) is 0 Å². The molecule has 5 nitrogen and oxygen atoms in total. The molecule has 0 aromatic rings. The number of ether oxygens (including phenoxy) is 1. The van der Waals surface area contributed by atoms with Crippen molar-refractivity contribution in [2.24, 2.45) is 11.7 Å². The quantitative estimate of drug-likeness (QED) is 0.695. The van der Waals surface area contributed by atoms with E-state index in [4.69, 9.17) is 5.73 Å². The molecule has 1 amide bonds. The van der Waals surface area contributed by atoms with Crippen molar-refractivity contribution in [1.29, 1.82) is 0 Å².